The fourth-order valence-corrected chi connectivity index (χ4v) is 4.21. The molecule has 0 spiro atoms. The van der Waals surface area contributed by atoms with Crippen molar-refractivity contribution in [1.29, 1.82) is 0 Å². The van der Waals surface area contributed by atoms with Gasteiger partial charge in [0.1, 0.15) is 17.2 Å². The molecule has 1 amide bonds. The van der Waals surface area contributed by atoms with Gasteiger partial charge in [0.15, 0.2) is 11.0 Å². The van der Waals surface area contributed by atoms with Crippen LogP contribution in [-0.2, 0) is 11.3 Å². The summed E-state index contributed by atoms with van der Waals surface area (Å²) in [6.07, 6.45) is 0. The molecule has 0 atom stereocenters. The lowest BCUT2D eigenvalue weighted by Gasteiger charge is -2.13. The fourth-order valence-electron chi connectivity index (χ4n) is 3.01. The van der Waals surface area contributed by atoms with Crippen molar-refractivity contribution in [2.75, 3.05) is 32.4 Å². The highest BCUT2D eigenvalue weighted by Crippen LogP contribution is 2.36. The Kier molecular flexibility index (Phi) is 8.11. The van der Waals surface area contributed by atoms with Gasteiger partial charge in [-0.25, -0.2) is 0 Å². The van der Waals surface area contributed by atoms with Gasteiger partial charge in [0, 0.05) is 23.7 Å². The number of thioether (sulfide) groups is 1. The number of halogens is 2. The number of hydrogen-bond acceptors (Lipinski definition) is 7. The number of rotatable bonds is 9. The van der Waals surface area contributed by atoms with Gasteiger partial charge in [0.2, 0.25) is 5.91 Å². The first-order valence-corrected chi connectivity index (χ1v) is 11.3. The molecule has 3 rings (SSSR count). The van der Waals surface area contributed by atoms with E-state index in [2.05, 4.69) is 15.5 Å². The molecule has 1 heterocycles. The van der Waals surface area contributed by atoms with Crippen LogP contribution in [0.1, 0.15) is 6.92 Å². The van der Waals surface area contributed by atoms with E-state index in [1.54, 1.807) is 37.4 Å². The number of anilines is 1. The lowest BCUT2D eigenvalue weighted by molar-refractivity contribution is -0.113. The monoisotopic (exact) mass is 496 g/mol. The average molecular weight is 497 g/mol. The van der Waals surface area contributed by atoms with Gasteiger partial charge in [-0.3, -0.25) is 4.79 Å². The standard InChI is InChI=1S/C21H22Cl2N4O4S/c1-5-27-20(13-8-12(22)6-7-16(13)29-2)25-26-21(27)32-11-19(28)24-15-10-17(30-3)14(23)9-18(15)31-4/h6-10H,5,11H2,1-4H3,(H,24,28). The van der Waals surface area contributed by atoms with Crippen LogP contribution in [0.4, 0.5) is 5.69 Å². The second kappa shape index (κ2) is 10.8. The Morgan fingerprint density at radius 1 is 1.03 bits per heavy atom. The van der Waals surface area contributed by atoms with E-state index in [0.717, 1.165) is 5.56 Å². The van der Waals surface area contributed by atoms with Gasteiger partial charge in [-0.2, -0.15) is 0 Å². The Hall–Kier alpha value is -2.62. The van der Waals surface area contributed by atoms with Crippen molar-refractivity contribution >= 4 is 46.6 Å². The molecule has 0 saturated carbocycles. The van der Waals surface area contributed by atoms with E-state index in [0.29, 0.717) is 50.5 Å². The van der Waals surface area contributed by atoms with E-state index in [4.69, 9.17) is 37.4 Å². The first-order valence-electron chi connectivity index (χ1n) is 9.53. The fraction of sp³-hybridized carbons (Fsp3) is 0.286. The summed E-state index contributed by atoms with van der Waals surface area (Å²) in [5.41, 5.74) is 1.18. The van der Waals surface area contributed by atoms with Gasteiger partial charge >= 0.3 is 0 Å². The smallest absolute Gasteiger partial charge is 0.234 e. The number of ether oxygens (including phenoxy) is 3. The van der Waals surface area contributed by atoms with Crippen molar-refractivity contribution in [2.24, 2.45) is 0 Å². The van der Waals surface area contributed by atoms with Crippen LogP contribution < -0.4 is 19.5 Å². The lowest BCUT2D eigenvalue weighted by Crippen LogP contribution is -2.15. The van der Waals surface area contributed by atoms with E-state index in [1.807, 2.05) is 11.5 Å². The molecule has 1 N–H and O–H groups in total. The molecule has 1 aromatic heterocycles. The predicted molar refractivity (Wildman–Crippen MR) is 127 cm³/mol. The molecular formula is C21H22Cl2N4O4S. The number of carbonyl (C=O) groups excluding carboxylic acids is 1. The SMILES string of the molecule is CCn1c(SCC(=O)Nc2cc(OC)c(Cl)cc2OC)nnc1-c1cc(Cl)ccc1OC. The van der Waals surface area contributed by atoms with Crippen LogP contribution in [0.3, 0.4) is 0 Å². The molecule has 8 nitrogen and oxygen atoms in total. The number of hydrogen-bond donors (Lipinski definition) is 1. The first-order chi connectivity index (χ1) is 15.4. The number of carbonyl (C=O) groups is 1. The summed E-state index contributed by atoms with van der Waals surface area (Å²) in [6.45, 7) is 2.57. The van der Waals surface area contributed by atoms with Crippen LogP contribution in [0, 0.1) is 0 Å². The molecule has 3 aromatic rings. The van der Waals surface area contributed by atoms with Gasteiger partial charge in [0.25, 0.3) is 0 Å². The maximum absolute atomic E-state index is 12.6. The first kappa shape index (κ1) is 24.0. The molecule has 0 bridgehead atoms. The predicted octanol–water partition coefficient (Wildman–Crippen LogP) is 5.03. The summed E-state index contributed by atoms with van der Waals surface area (Å²) in [4.78, 5) is 12.6. The normalized spacial score (nSPS) is 10.7. The Morgan fingerprint density at radius 2 is 1.75 bits per heavy atom. The minimum atomic E-state index is -0.245. The topological polar surface area (TPSA) is 87.5 Å². The van der Waals surface area contributed by atoms with E-state index in [9.17, 15) is 4.79 Å². The van der Waals surface area contributed by atoms with Crippen LogP contribution in [-0.4, -0.2) is 47.8 Å². The minimum Gasteiger partial charge on any atom is -0.496 e. The summed E-state index contributed by atoms with van der Waals surface area (Å²) in [5.74, 6) is 1.97. The molecule has 0 aliphatic carbocycles. The van der Waals surface area contributed by atoms with E-state index in [1.165, 1.54) is 26.0 Å². The van der Waals surface area contributed by atoms with E-state index >= 15 is 0 Å². The average Bonchev–Trinajstić information content (AvgIpc) is 3.21. The molecule has 0 aliphatic heterocycles. The Morgan fingerprint density at radius 3 is 2.41 bits per heavy atom. The largest absolute Gasteiger partial charge is 0.496 e. The van der Waals surface area contributed by atoms with Crippen LogP contribution in [0.25, 0.3) is 11.4 Å². The van der Waals surface area contributed by atoms with Crippen LogP contribution in [0.2, 0.25) is 10.0 Å². The molecule has 0 saturated heterocycles. The molecule has 170 valence electrons. The van der Waals surface area contributed by atoms with Crippen molar-refractivity contribution in [1.82, 2.24) is 14.8 Å². The number of methoxy groups -OCH3 is 3. The van der Waals surface area contributed by atoms with Crippen LogP contribution in [0.5, 0.6) is 17.2 Å². The molecule has 0 unspecified atom stereocenters. The molecule has 0 radical (unpaired) electrons. The van der Waals surface area contributed by atoms with E-state index < -0.39 is 0 Å². The third-order valence-electron chi connectivity index (χ3n) is 4.52. The summed E-state index contributed by atoms with van der Waals surface area (Å²) in [7, 11) is 4.58. The van der Waals surface area contributed by atoms with Crippen molar-refractivity contribution in [2.45, 2.75) is 18.6 Å². The van der Waals surface area contributed by atoms with Crippen LogP contribution in [0.15, 0.2) is 35.5 Å². The molecule has 0 fully saturated rings. The van der Waals surface area contributed by atoms with Crippen molar-refractivity contribution in [3.05, 3.63) is 40.4 Å². The molecule has 2 aromatic carbocycles. The van der Waals surface area contributed by atoms with Crippen LogP contribution >= 0.6 is 35.0 Å². The van der Waals surface area contributed by atoms with Gasteiger partial charge < -0.3 is 24.1 Å². The third-order valence-corrected chi connectivity index (χ3v) is 6.01. The van der Waals surface area contributed by atoms with Gasteiger partial charge in [0.05, 0.1) is 43.4 Å². The second-order valence-corrected chi connectivity index (χ2v) is 8.21. The number of nitrogens with one attached hydrogen (secondary N) is 1. The summed E-state index contributed by atoms with van der Waals surface area (Å²) in [5, 5.41) is 12.9. The number of nitrogens with zero attached hydrogens (tertiary/aromatic N) is 3. The number of amides is 1. The summed E-state index contributed by atoms with van der Waals surface area (Å²) < 4.78 is 17.8. The van der Waals surface area contributed by atoms with E-state index in [-0.39, 0.29) is 11.7 Å². The Balaban J connectivity index is 1.77. The maximum Gasteiger partial charge on any atom is 0.234 e. The quantitative estimate of drug-likeness (QED) is 0.415. The highest BCUT2D eigenvalue weighted by Gasteiger charge is 2.19. The Bertz CT molecular complexity index is 1120. The van der Waals surface area contributed by atoms with Crippen molar-refractivity contribution in [3.63, 3.8) is 0 Å². The van der Waals surface area contributed by atoms with Gasteiger partial charge in [-0.1, -0.05) is 35.0 Å². The highest BCUT2D eigenvalue weighted by molar-refractivity contribution is 7.99. The van der Waals surface area contributed by atoms with Gasteiger partial charge in [-0.15, -0.1) is 10.2 Å². The summed E-state index contributed by atoms with van der Waals surface area (Å²) in [6, 6.07) is 8.50. The molecule has 32 heavy (non-hydrogen) atoms. The minimum absolute atomic E-state index is 0.110. The third kappa shape index (κ3) is 5.23. The highest BCUT2D eigenvalue weighted by atomic mass is 35.5. The maximum atomic E-state index is 12.6. The van der Waals surface area contributed by atoms with Crippen molar-refractivity contribution in [3.8, 4) is 28.6 Å². The Labute approximate surface area is 200 Å². The number of aromatic nitrogens is 3. The number of benzene rings is 2. The zero-order chi connectivity index (χ0) is 23.3. The molecular weight excluding hydrogens is 475 g/mol. The zero-order valence-corrected chi connectivity index (χ0v) is 20.3. The van der Waals surface area contributed by atoms with Gasteiger partial charge in [-0.05, 0) is 25.1 Å². The zero-order valence-electron chi connectivity index (χ0n) is 17.9. The second-order valence-electron chi connectivity index (χ2n) is 6.42. The molecule has 0 aliphatic rings. The lowest BCUT2D eigenvalue weighted by atomic mass is 10.2. The van der Waals surface area contributed by atoms with Crippen molar-refractivity contribution < 1.29 is 19.0 Å². The summed E-state index contributed by atoms with van der Waals surface area (Å²) >= 11 is 13.5. The molecule has 11 heteroatoms.